The lowest BCUT2D eigenvalue weighted by molar-refractivity contribution is 0.428. The molecule has 2 saturated carbocycles. The largest absolute Gasteiger partial charge is 0.508 e. The fourth-order valence-electron chi connectivity index (χ4n) is 4.48. The Labute approximate surface area is 172 Å². The molecule has 0 saturated heterocycles. The van der Waals surface area contributed by atoms with Crippen LogP contribution in [-0.2, 0) is 12.8 Å². The standard InChI is InChI=1S/C26H42O2/c1-25(17-18-25)15-9-5-3-7-11-21-13-14-23(27)22(24(21)28)12-8-4-6-10-16-26(2)19-20-26/h13-14,27-28H,3-12,15-20H2,1-2H3. The second kappa shape index (κ2) is 9.55. The maximum atomic E-state index is 10.6. The third kappa shape index (κ3) is 6.71. The summed E-state index contributed by atoms with van der Waals surface area (Å²) in [4.78, 5) is 0. The number of unbranched alkanes of at least 4 members (excludes halogenated alkanes) is 6. The number of aromatic hydroxyl groups is 2. The topological polar surface area (TPSA) is 40.5 Å². The Hall–Kier alpha value is -1.18. The van der Waals surface area contributed by atoms with E-state index in [-0.39, 0.29) is 5.75 Å². The molecule has 0 spiro atoms. The van der Waals surface area contributed by atoms with Gasteiger partial charge in [-0.15, -0.1) is 0 Å². The lowest BCUT2D eigenvalue weighted by atomic mass is 9.96. The van der Waals surface area contributed by atoms with Crippen molar-refractivity contribution in [2.75, 3.05) is 0 Å². The first-order valence-corrected chi connectivity index (χ1v) is 11.9. The third-order valence-electron chi connectivity index (χ3n) is 7.48. The first kappa shape index (κ1) is 21.5. The van der Waals surface area contributed by atoms with Crippen LogP contribution in [0.1, 0.15) is 115 Å². The molecular weight excluding hydrogens is 344 g/mol. The van der Waals surface area contributed by atoms with Gasteiger partial charge in [0.1, 0.15) is 11.5 Å². The van der Waals surface area contributed by atoms with Crippen molar-refractivity contribution in [1.29, 1.82) is 0 Å². The lowest BCUT2D eigenvalue weighted by Gasteiger charge is -2.12. The van der Waals surface area contributed by atoms with Crippen molar-refractivity contribution in [3.63, 3.8) is 0 Å². The monoisotopic (exact) mass is 386 g/mol. The summed E-state index contributed by atoms with van der Waals surface area (Å²) in [5, 5.41) is 20.8. The van der Waals surface area contributed by atoms with E-state index in [4.69, 9.17) is 0 Å². The van der Waals surface area contributed by atoms with E-state index in [1.165, 1.54) is 77.0 Å². The fraction of sp³-hybridized carbons (Fsp3) is 0.769. The number of benzene rings is 1. The van der Waals surface area contributed by atoms with Crippen molar-refractivity contribution in [1.82, 2.24) is 0 Å². The normalized spacial score (nSPS) is 18.9. The molecule has 28 heavy (non-hydrogen) atoms. The van der Waals surface area contributed by atoms with Gasteiger partial charge in [-0.2, -0.15) is 0 Å². The molecule has 2 N–H and O–H groups in total. The Balaban J connectivity index is 1.33. The molecule has 2 aliphatic rings. The maximum absolute atomic E-state index is 10.6. The number of phenolic OH excluding ortho intramolecular Hbond substituents is 2. The Bertz CT molecular complexity index is 626. The van der Waals surface area contributed by atoms with Crippen molar-refractivity contribution in [3.05, 3.63) is 23.3 Å². The van der Waals surface area contributed by atoms with E-state index < -0.39 is 0 Å². The molecule has 0 unspecified atom stereocenters. The molecule has 2 heteroatoms. The average molecular weight is 387 g/mol. The number of hydrogen-bond donors (Lipinski definition) is 2. The summed E-state index contributed by atoms with van der Waals surface area (Å²) in [6.45, 7) is 4.82. The number of rotatable bonds is 14. The minimum Gasteiger partial charge on any atom is -0.508 e. The molecule has 0 heterocycles. The SMILES string of the molecule is CC1(CCCCCCc2ccc(O)c(CCCCCCC3(C)CC3)c2O)CC1. The van der Waals surface area contributed by atoms with E-state index in [9.17, 15) is 10.2 Å². The Morgan fingerprint density at radius 3 is 1.71 bits per heavy atom. The average Bonchev–Trinajstić information content (AvgIpc) is 3.58. The van der Waals surface area contributed by atoms with Crippen molar-refractivity contribution in [3.8, 4) is 11.5 Å². The first-order chi connectivity index (χ1) is 13.4. The molecule has 0 atom stereocenters. The van der Waals surface area contributed by atoms with Gasteiger partial charge in [0.05, 0.1) is 0 Å². The predicted molar refractivity (Wildman–Crippen MR) is 118 cm³/mol. The molecule has 2 nitrogen and oxygen atoms in total. The maximum Gasteiger partial charge on any atom is 0.125 e. The smallest absolute Gasteiger partial charge is 0.125 e. The van der Waals surface area contributed by atoms with Crippen LogP contribution in [0.4, 0.5) is 0 Å². The van der Waals surface area contributed by atoms with Gasteiger partial charge in [-0.3, -0.25) is 0 Å². The van der Waals surface area contributed by atoms with Gasteiger partial charge < -0.3 is 10.2 Å². The Morgan fingerprint density at radius 1 is 0.679 bits per heavy atom. The van der Waals surface area contributed by atoms with E-state index in [1.807, 2.05) is 6.07 Å². The molecule has 0 amide bonds. The van der Waals surface area contributed by atoms with Crippen LogP contribution in [0.25, 0.3) is 0 Å². The van der Waals surface area contributed by atoms with Crippen LogP contribution in [0, 0.1) is 10.8 Å². The summed E-state index contributed by atoms with van der Waals surface area (Å²) in [5.41, 5.74) is 3.14. The van der Waals surface area contributed by atoms with Gasteiger partial charge in [-0.1, -0.05) is 58.4 Å². The van der Waals surface area contributed by atoms with Crippen LogP contribution in [-0.4, -0.2) is 10.2 Å². The molecule has 0 radical (unpaired) electrons. The van der Waals surface area contributed by atoms with Gasteiger partial charge in [0, 0.05) is 5.56 Å². The Kier molecular flexibility index (Phi) is 7.34. The zero-order valence-corrected chi connectivity index (χ0v) is 18.4. The van der Waals surface area contributed by atoms with E-state index >= 15 is 0 Å². The number of phenols is 2. The molecule has 2 aliphatic carbocycles. The van der Waals surface area contributed by atoms with Gasteiger partial charge in [0.2, 0.25) is 0 Å². The van der Waals surface area contributed by atoms with Crippen LogP contribution in [0.5, 0.6) is 11.5 Å². The van der Waals surface area contributed by atoms with E-state index in [2.05, 4.69) is 13.8 Å². The molecule has 1 aromatic carbocycles. The summed E-state index contributed by atoms with van der Waals surface area (Å²) in [6.07, 6.45) is 20.0. The van der Waals surface area contributed by atoms with Crippen molar-refractivity contribution in [2.24, 2.45) is 10.8 Å². The summed E-state index contributed by atoms with van der Waals surface area (Å²) >= 11 is 0. The highest BCUT2D eigenvalue weighted by Gasteiger charge is 2.36. The van der Waals surface area contributed by atoms with Gasteiger partial charge in [0.25, 0.3) is 0 Å². The van der Waals surface area contributed by atoms with Gasteiger partial charge in [-0.05, 0) is 86.7 Å². The summed E-state index contributed by atoms with van der Waals surface area (Å²) in [7, 11) is 0. The summed E-state index contributed by atoms with van der Waals surface area (Å²) in [6, 6.07) is 3.70. The third-order valence-corrected chi connectivity index (χ3v) is 7.48. The summed E-state index contributed by atoms with van der Waals surface area (Å²) < 4.78 is 0. The number of aryl methyl sites for hydroxylation is 1. The lowest BCUT2D eigenvalue weighted by Crippen LogP contribution is -1.95. The van der Waals surface area contributed by atoms with Crippen LogP contribution in [0.3, 0.4) is 0 Å². The van der Waals surface area contributed by atoms with Crippen LogP contribution in [0.15, 0.2) is 12.1 Å². The highest BCUT2D eigenvalue weighted by Crippen LogP contribution is 2.49. The van der Waals surface area contributed by atoms with Crippen LogP contribution < -0.4 is 0 Å². The van der Waals surface area contributed by atoms with Gasteiger partial charge >= 0.3 is 0 Å². The van der Waals surface area contributed by atoms with Crippen LogP contribution in [0.2, 0.25) is 0 Å². The van der Waals surface area contributed by atoms with Crippen molar-refractivity contribution in [2.45, 2.75) is 117 Å². The molecule has 0 aromatic heterocycles. The second-order valence-corrected chi connectivity index (χ2v) is 10.5. The highest BCUT2D eigenvalue weighted by molar-refractivity contribution is 5.48. The molecule has 1 aromatic rings. The van der Waals surface area contributed by atoms with E-state index in [1.54, 1.807) is 6.07 Å². The molecular formula is C26H42O2. The second-order valence-electron chi connectivity index (χ2n) is 10.5. The van der Waals surface area contributed by atoms with E-state index in [0.29, 0.717) is 16.6 Å². The number of hydrogen-bond acceptors (Lipinski definition) is 2. The summed E-state index contributed by atoms with van der Waals surface area (Å²) in [5.74, 6) is 0.625. The molecule has 0 aliphatic heterocycles. The molecule has 0 bridgehead atoms. The molecule has 3 rings (SSSR count). The molecule has 158 valence electrons. The minimum atomic E-state index is 0.268. The van der Waals surface area contributed by atoms with Crippen molar-refractivity contribution < 1.29 is 10.2 Å². The van der Waals surface area contributed by atoms with Gasteiger partial charge in [0.15, 0.2) is 0 Å². The predicted octanol–water partition coefficient (Wildman–Crippen LogP) is 7.68. The molecule has 2 fully saturated rings. The minimum absolute atomic E-state index is 0.268. The van der Waals surface area contributed by atoms with Crippen LogP contribution >= 0.6 is 0 Å². The van der Waals surface area contributed by atoms with E-state index in [0.717, 1.165) is 36.8 Å². The zero-order valence-electron chi connectivity index (χ0n) is 18.4. The fourth-order valence-corrected chi connectivity index (χ4v) is 4.48. The van der Waals surface area contributed by atoms with Crippen molar-refractivity contribution >= 4 is 0 Å². The van der Waals surface area contributed by atoms with Gasteiger partial charge in [-0.25, -0.2) is 0 Å². The Morgan fingerprint density at radius 2 is 1.18 bits per heavy atom. The quantitative estimate of drug-likeness (QED) is 0.322. The first-order valence-electron chi connectivity index (χ1n) is 11.9. The zero-order chi connectivity index (χ0) is 20.0. The highest BCUT2D eigenvalue weighted by atomic mass is 16.3.